The molecule has 1 amide bonds. The minimum Gasteiger partial charge on any atom is -0.388 e. The van der Waals surface area contributed by atoms with Crippen LogP contribution in [0.15, 0.2) is 29.2 Å². The number of aliphatic hydroxyl groups excluding tert-OH is 2. The second-order valence-electron chi connectivity index (χ2n) is 4.03. The van der Waals surface area contributed by atoms with Crippen LogP contribution in [0, 0.1) is 0 Å². The van der Waals surface area contributed by atoms with Gasteiger partial charge in [-0.05, 0) is 6.07 Å². The Labute approximate surface area is 111 Å². The summed E-state index contributed by atoms with van der Waals surface area (Å²) in [4.78, 5) is 10.5. The van der Waals surface area contributed by atoms with Crippen molar-refractivity contribution in [2.24, 2.45) is 5.14 Å². The van der Waals surface area contributed by atoms with Gasteiger partial charge in [-0.25, -0.2) is 13.6 Å². The van der Waals surface area contributed by atoms with Gasteiger partial charge >= 0.3 is 0 Å². The number of carbonyl (C=O) groups excluding carboxylic acids is 1. The molecule has 2 atom stereocenters. The Hall–Kier alpha value is -1.48. The van der Waals surface area contributed by atoms with Gasteiger partial charge in [0.05, 0.1) is 4.90 Å². The van der Waals surface area contributed by atoms with Crippen LogP contribution in [0.5, 0.6) is 0 Å². The van der Waals surface area contributed by atoms with Crippen LogP contribution in [0.1, 0.15) is 18.6 Å². The van der Waals surface area contributed by atoms with E-state index in [-0.39, 0.29) is 22.9 Å². The molecule has 0 fully saturated rings. The number of aliphatic hydroxyl groups is 2. The van der Waals surface area contributed by atoms with Crippen molar-refractivity contribution in [1.82, 2.24) is 5.32 Å². The summed E-state index contributed by atoms with van der Waals surface area (Å²) in [6.07, 6.45) is -2.81. The normalized spacial score (nSPS) is 14.7. The first-order chi connectivity index (χ1) is 8.73. The molecule has 0 aliphatic rings. The Bertz CT molecular complexity index is 558. The maximum atomic E-state index is 11.4. The van der Waals surface area contributed by atoms with Crippen molar-refractivity contribution in [2.45, 2.75) is 24.0 Å². The topological polar surface area (TPSA) is 130 Å². The zero-order chi connectivity index (χ0) is 14.6. The zero-order valence-electron chi connectivity index (χ0n) is 10.3. The summed E-state index contributed by atoms with van der Waals surface area (Å²) < 4.78 is 22.7. The Morgan fingerprint density at radius 2 is 1.95 bits per heavy atom. The molecule has 0 aliphatic heterocycles. The molecule has 0 spiro atoms. The lowest BCUT2D eigenvalue weighted by atomic mass is 10.0. The molecule has 19 heavy (non-hydrogen) atoms. The fourth-order valence-electron chi connectivity index (χ4n) is 1.55. The molecular formula is C11H16N2O5S. The van der Waals surface area contributed by atoms with Gasteiger partial charge in [0.15, 0.2) is 0 Å². The van der Waals surface area contributed by atoms with E-state index in [1.165, 1.54) is 31.2 Å². The number of amides is 1. The van der Waals surface area contributed by atoms with E-state index in [1.807, 2.05) is 0 Å². The highest BCUT2D eigenvalue weighted by Crippen LogP contribution is 2.23. The number of carbonyl (C=O) groups is 1. The van der Waals surface area contributed by atoms with Crippen LogP contribution in [0.4, 0.5) is 0 Å². The number of hydrogen-bond acceptors (Lipinski definition) is 5. The van der Waals surface area contributed by atoms with Gasteiger partial charge in [-0.1, -0.05) is 18.2 Å². The third-order valence-electron chi connectivity index (χ3n) is 2.47. The van der Waals surface area contributed by atoms with Crippen LogP contribution < -0.4 is 10.5 Å². The Morgan fingerprint density at radius 1 is 1.37 bits per heavy atom. The van der Waals surface area contributed by atoms with E-state index < -0.39 is 22.2 Å². The molecule has 1 rings (SSSR count). The smallest absolute Gasteiger partial charge is 0.238 e. The van der Waals surface area contributed by atoms with E-state index in [2.05, 4.69) is 5.32 Å². The lowest BCUT2D eigenvalue weighted by molar-refractivity contribution is -0.119. The highest BCUT2D eigenvalue weighted by atomic mass is 32.2. The van der Waals surface area contributed by atoms with Crippen molar-refractivity contribution >= 4 is 15.9 Å². The first-order valence-electron chi connectivity index (χ1n) is 5.45. The third-order valence-corrected chi connectivity index (χ3v) is 3.45. The fraction of sp³-hybridized carbons (Fsp3) is 0.364. The van der Waals surface area contributed by atoms with Gasteiger partial charge in [0.25, 0.3) is 0 Å². The van der Waals surface area contributed by atoms with Crippen molar-refractivity contribution in [2.75, 3.05) is 6.54 Å². The minimum atomic E-state index is -4.00. The molecule has 0 bridgehead atoms. The van der Waals surface area contributed by atoms with Crippen LogP contribution in [-0.2, 0) is 14.8 Å². The molecule has 7 nitrogen and oxygen atoms in total. The molecule has 1 aromatic rings. The maximum absolute atomic E-state index is 11.4. The lowest BCUT2D eigenvalue weighted by Crippen LogP contribution is -2.34. The Morgan fingerprint density at radius 3 is 2.47 bits per heavy atom. The van der Waals surface area contributed by atoms with Gasteiger partial charge in [0.2, 0.25) is 15.9 Å². The van der Waals surface area contributed by atoms with Crippen LogP contribution in [0.3, 0.4) is 0 Å². The summed E-state index contributed by atoms with van der Waals surface area (Å²) in [5.74, 6) is -0.369. The molecule has 8 heteroatoms. The first-order valence-corrected chi connectivity index (χ1v) is 7.00. The summed E-state index contributed by atoms with van der Waals surface area (Å²) >= 11 is 0. The summed E-state index contributed by atoms with van der Waals surface area (Å²) in [6, 6.07) is 5.55. The molecular weight excluding hydrogens is 272 g/mol. The van der Waals surface area contributed by atoms with E-state index in [0.29, 0.717) is 0 Å². The van der Waals surface area contributed by atoms with E-state index in [1.54, 1.807) is 0 Å². The highest BCUT2D eigenvalue weighted by Gasteiger charge is 2.24. The molecule has 0 aromatic heterocycles. The van der Waals surface area contributed by atoms with E-state index in [0.717, 1.165) is 0 Å². The SMILES string of the molecule is CC(=O)NCC(O)C(O)c1ccccc1S(N)(=O)=O. The summed E-state index contributed by atoms with van der Waals surface area (Å²) in [5.41, 5.74) is -0.0112. The van der Waals surface area contributed by atoms with E-state index in [9.17, 15) is 23.4 Å². The third kappa shape index (κ3) is 4.28. The number of primary sulfonamides is 1. The number of nitrogens with two attached hydrogens (primary N) is 1. The van der Waals surface area contributed by atoms with Gasteiger partial charge in [-0.15, -0.1) is 0 Å². The molecule has 5 N–H and O–H groups in total. The average Bonchev–Trinajstić information content (AvgIpc) is 2.34. The number of hydrogen-bond donors (Lipinski definition) is 4. The van der Waals surface area contributed by atoms with Crippen LogP contribution in [-0.4, -0.2) is 37.2 Å². The van der Waals surface area contributed by atoms with Crippen molar-refractivity contribution < 1.29 is 23.4 Å². The second kappa shape index (κ2) is 6.11. The number of nitrogens with one attached hydrogen (secondary N) is 1. The molecule has 0 saturated carbocycles. The number of rotatable bonds is 5. The Kier molecular flexibility index (Phi) is 5.01. The van der Waals surface area contributed by atoms with Gasteiger partial charge in [-0.2, -0.15) is 0 Å². The molecule has 106 valence electrons. The van der Waals surface area contributed by atoms with Crippen molar-refractivity contribution in [3.8, 4) is 0 Å². The van der Waals surface area contributed by atoms with Gasteiger partial charge in [-0.3, -0.25) is 4.79 Å². The lowest BCUT2D eigenvalue weighted by Gasteiger charge is -2.20. The second-order valence-corrected chi connectivity index (χ2v) is 5.56. The monoisotopic (exact) mass is 288 g/mol. The zero-order valence-corrected chi connectivity index (χ0v) is 11.1. The number of sulfonamides is 1. The van der Waals surface area contributed by atoms with E-state index in [4.69, 9.17) is 5.14 Å². The van der Waals surface area contributed by atoms with Crippen LogP contribution in [0.2, 0.25) is 0 Å². The molecule has 0 aliphatic carbocycles. The predicted octanol–water partition coefficient (Wildman–Crippen LogP) is -1.14. The fourth-order valence-corrected chi connectivity index (χ4v) is 2.34. The average molecular weight is 288 g/mol. The molecule has 0 radical (unpaired) electrons. The largest absolute Gasteiger partial charge is 0.388 e. The van der Waals surface area contributed by atoms with Gasteiger partial charge in [0, 0.05) is 19.0 Å². The van der Waals surface area contributed by atoms with Gasteiger partial charge in [0.1, 0.15) is 12.2 Å². The van der Waals surface area contributed by atoms with Crippen molar-refractivity contribution in [1.29, 1.82) is 0 Å². The van der Waals surface area contributed by atoms with Crippen LogP contribution in [0.25, 0.3) is 0 Å². The molecule has 1 aromatic carbocycles. The van der Waals surface area contributed by atoms with Crippen molar-refractivity contribution in [3.05, 3.63) is 29.8 Å². The summed E-state index contributed by atoms with van der Waals surface area (Å²) in [6.45, 7) is 1.06. The quantitative estimate of drug-likeness (QED) is 0.544. The van der Waals surface area contributed by atoms with Crippen molar-refractivity contribution in [3.63, 3.8) is 0 Å². The van der Waals surface area contributed by atoms with Gasteiger partial charge < -0.3 is 15.5 Å². The van der Waals surface area contributed by atoms with E-state index >= 15 is 0 Å². The summed E-state index contributed by atoms with van der Waals surface area (Å²) in [5, 5.41) is 27.0. The number of benzene rings is 1. The molecule has 2 unspecified atom stereocenters. The summed E-state index contributed by atoms with van der Waals surface area (Å²) in [7, 11) is -4.00. The highest BCUT2D eigenvalue weighted by molar-refractivity contribution is 7.89. The predicted molar refractivity (Wildman–Crippen MR) is 67.5 cm³/mol. The standard InChI is InChI=1S/C11H16N2O5S/c1-7(14)13-6-9(15)11(16)8-4-2-3-5-10(8)19(12,17)18/h2-5,9,11,15-16H,6H2,1H3,(H,13,14)(H2,12,17,18). The van der Waals surface area contributed by atoms with Crippen LogP contribution >= 0.6 is 0 Å². The first kappa shape index (κ1) is 15.6. The molecule has 0 saturated heterocycles. The Balaban J connectivity index is 3.00. The minimum absolute atomic E-state index is 0.0112. The molecule has 0 heterocycles. The maximum Gasteiger partial charge on any atom is 0.238 e.